The smallest absolute Gasteiger partial charge is 0.341 e. The van der Waals surface area contributed by atoms with Crippen LogP contribution in [0.4, 0.5) is 5.00 Å². The molecule has 0 atom stereocenters. The fraction of sp³-hybridized carbons (Fsp3) is 0.417. The van der Waals surface area contributed by atoms with Crippen molar-refractivity contribution in [2.24, 2.45) is 0 Å². The lowest BCUT2D eigenvalue weighted by Gasteiger charge is -2.12. The van der Waals surface area contributed by atoms with Crippen molar-refractivity contribution in [3.63, 3.8) is 0 Å². The molecule has 1 aliphatic carbocycles. The summed E-state index contributed by atoms with van der Waals surface area (Å²) in [5, 5.41) is 3.53. The number of fused-ring (bicyclic) bond motifs is 1. The van der Waals surface area contributed by atoms with Gasteiger partial charge in [-0.2, -0.15) is 0 Å². The van der Waals surface area contributed by atoms with Crippen LogP contribution in [0.3, 0.4) is 0 Å². The second kappa shape index (κ2) is 9.88. The second-order valence-electron chi connectivity index (χ2n) is 7.69. The lowest BCUT2D eigenvalue weighted by molar-refractivity contribution is -0.111. The topological polar surface area (TPSA) is 55.4 Å². The molecule has 1 aliphatic rings. The van der Waals surface area contributed by atoms with Gasteiger partial charge >= 0.3 is 5.97 Å². The molecule has 1 N–H and O–H groups in total. The summed E-state index contributed by atoms with van der Waals surface area (Å²) in [4.78, 5) is 26.3. The Balaban J connectivity index is 1.75. The van der Waals surface area contributed by atoms with Crippen LogP contribution in [-0.4, -0.2) is 18.5 Å². The predicted molar refractivity (Wildman–Crippen MR) is 120 cm³/mol. The molecular formula is C24H29NO3S. The molecule has 4 nitrogen and oxygen atoms in total. The van der Waals surface area contributed by atoms with Crippen LogP contribution in [0.2, 0.25) is 0 Å². The number of hydrogen-bond donors (Lipinski definition) is 1. The summed E-state index contributed by atoms with van der Waals surface area (Å²) in [6.07, 6.45) is 8.11. The van der Waals surface area contributed by atoms with Gasteiger partial charge in [0.15, 0.2) is 0 Å². The standard InChI is InChI=1S/C24H29NO3S/c1-4-15-28-24(27)22-19-7-5-6-8-20(19)29-23(22)25-21(26)14-11-17-9-12-18(13-10-17)16(2)3/h9-14,16H,4-8,15H2,1-3H3,(H,25,26)/b14-11+. The number of esters is 1. The first kappa shape index (κ1) is 21.3. The van der Waals surface area contributed by atoms with Crippen LogP contribution in [-0.2, 0) is 22.4 Å². The summed E-state index contributed by atoms with van der Waals surface area (Å²) in [5.41, 5.74) is 3.86. The normalized spacial score (nSPS) is 13.5. The Bertz CT molecular complexity index is 894. The van der Waals surface area contributed by atoms with Crippen molar-refractivity contribution < 1.29 is 14.3 Å². The van der Waals surface area contributed by atoms with Gasteiger partial charge in [-0.25, -0.2) is 4.79 Å². The van der Waals surface area contributed by atoms with E-state index in [0.29, 0.717) is 23.1 Å². The molecule has 29 heavy (non-hydrogen) atoms. The number of thiophene rings is 1. The van der Waals surface area contributed by atoms with E-state index in [1.807, 2.05) is 19.1 Å². The maximum Gasteiger partial charge on any atom is 0.341 e. The van der Waals surface area contributed by atoms with Gasteiger partial charge in [-0.3, -0.25) is 4.79 Å². The van der Waals surface area contributed by atoms with Gasteiger partial charge in [-0.1, -0.05) is 45.0 Å². The van der Waals surface area contributed by atoms with Gasteiger partial charge in [0.05, 0.1) is 12.2 Å². The molecule has 1 aromatic carbocycles. The minimum Gasteiger partial charge on any atom is -0.462 e. The molecule has 0 saturated heterocycles. The molecule has 0 fully saturated rings. The number of benzene rings is 1. The predicted octanol–water partition coefficient (Wildman–Crippen LogP) is 5.97. The number of ether oxygens (including phenoxy) is 1. The Labute approximate surface area is 177 Å². The summed E-state index contributed by atoms with van der Waals surface area (Å²) in [6, 6.07) is 8.18. The van der Waals surface area contributed by atoms with Gasteiger partial charge < -0.3 is 10.1 Å². The highest BCUT2D eigenvalue weighted by Crippen LogP contribution is 2.38. The van der Waals surface area contributed by atoms with Gasteiger partial charge in [0.25, 0.3) is 0 Å². The molecule has 1 aromatic heterocycles. The fourth-order valence-electron chi connectivity index (χ4n) is 3.45. The fourth-order valence-corrected chi connectivity index (χ4v) is 4.73. The molecule has 1 amide bonds. The zero-order chi connectivity index (χ0) is 20.8. The number of hydrogen-bond acceptors (Lipinski definition) is 4. The molecule has 0 spiro atoms. The largest absolute Gasteiger partial charge is 0.462 e. The minimum atomic E-state index is -0.324. The Morgan fingerprint density at radius 1 is 1.17 bits per heavy atom. The third kappa shape index (κ3) is 5.36. The van der Waals surface area contributed by atoms with E-state index in [1.54, 1.807) is 6.08 Å². The number of carbonyl (C=O) groups is 2. The lowest BCUT2D eigenvalue weighted by atomic mass is 9.95. The van der Waals surface area contributed by atoms with Crippen molar-refractivity contribution in [2.45, 2.75) is 58.8 Å². The minimum absolute atomic E-state index is 0.235. The first-order chi connectivity index (χ1) is 14.0. The maximum atomic E-state index is 12.6. The Morgan fingerprint density at radius 3 is 2.59 bits per heavy atom. The first-order valence-corrected chi connectivity index (χ1v) is 11.2. The summed E-state index contributed by atoms with van der Waals surface area (Å²) >= 11 is 1.51. The van der Waals surface area contributed by atoms with Crippen molar-refractivity contribution in [3.8, 4) is 0 Å². The van der Waals surface area contributed by atoms with Crippen LogP contribution >= 0.6 is 11.3 Å². The molecule has 1 heterocycles. The van der Waals surface area contributed by atoms with E-state index >= 15 is 0 Å². The first-order valence-electron chi connectivity index (χ1n) is 10.4. The van der Waals surface area contributed by atoms with Gasteiger partial charge in [0, 0.05) is 11.0 Å². The Morgan fingerprint density at radius 2 is 1.90 bits per heavy atom. The number of amides is 1. The summed E-state index contributed by atoms with van der Waals surface area (Å²) in [6.45, 7) is 6.67. The maximum absolute atomic E-state index is 12.6. The highest BCUT2D eigenvalue weighted by atomic mass is 32.1. The van der Waals surface area contributed by atoms with Crippen molar-refractivity contribution in [2.75, 3.05) is 11.9 Å². The Kier molecular flexibility index (Phi) is 7.26. The third-order valence-electron chi connectivity index (χ3n) is 5.08. The van der Waals surface area contributed by atoms with Crippen molar-refractivity contribution in [3.05, 3.63) is 57.5 Å². The van der Waals surface area contributed by atoms with Crippen LogP contribution in [0.15, 0.2) is 30.3 Å². The molecule has 0 unspecified atom stereocenters. The van der Waals surface area contributed by atoms with Crippen molar-refractivity contribution >= 4 is 34.3 Å². The summed E-state index contributed by atoms with van der Waals surface area (Å²) in [7, 11) is 0. The molecule has 0 saturated carbocycles. The molecule has 154 valence electrons. The van der Waals surface area contributed by atoms with Crippen molar-refractivity contribution in [1.82, 2.24) is 0 Å². The molecule has 0 aliphatic heterocycles. The van der Waals surface area contributed by atoms with Gasteiger partial charge in [0.2, 0.25) is 5.91 Å². The molecular weight excluding hydrogens is 382 g/mol. The molecule has 2 aromatic rings. The number of rotatable bonds is 7. The molecule has 0 bridgehead atoms. The highest BCUT2D eigenvalue weighted by Gasteiger charge is 2.27. The quantitative estimate of drug-likeness (QED) is 0.451. The summed E-state index contributed by atoms with van der Waals surface area (Å²) < 4.78 is 5.38. The van der Waals surface area contributed by atoms with Gasteiger partial charge in [-0.15, -0.1) is 11.3 Å². The van der Waals surface area contributed by atoms with Crippen molar-refractivity contribution in [1.29, 1.82) is 0 Å². The van der Waals surface area contributed by atoms with E-state index < -0.39 is 0 Å². The average Bonchev–Trinajstić information content (AvgIpc) is 3.08. The second-order valence-corrected chi connectivity index (χ2v) is 8.80. The highest BCUT2D eigenvalue weighted by molar-refractivity contribution is 7.17. The van der Waals surface area contributed by atoms with Crippen LogP contribution < -0.4 is 5.32 Å². The number of carbonyl (C=O) groups excluding carboxylic acids is 2. The third-order valence-corrected chi connectivity index (χ3v) is 6.29. The average molecular weight is 412 g/mol. The van der Waals surface area contributed by atoms with Crippen LogP contribution in [0.25, 0.3) is 6.08 Å². The SMILES string of the molecule is CCCOC(=O)c1c(NC(=O)/C=C/c2ccc(C(C)C)cc2)sc2c1CCCC2. The molecule has 0 radical (unpaired) electrons. The zero-order valence-corrected chi connectivity index (χ0v) is 18.2. The van der Waals surface area contributed by atoms with Gasteiger partial charge in [0.1, 0.15) is 5.00 Å². The van der Waals surface area contributed by atoms with E-state index in [-0.39, 0.29) is 11.9 Å². The number of anilines is 1. The van der Waals surface area contributed by atoms with Crippen LogP contribution in [0, 0.1) is 0 Å². The summed E-state index contributed by atoms with van der Waals surface area (Å²) in [5.74, 6) is -0.0806. The van der Waals surface area contributed by atoms with Crippen LogP contribution in [0.1, 0.15) is 77.9 Å². The molecule has 5 heteroatoms. The van der Waals surface area contributed by atoms with E-state index in [2.05, 4.69) is 31.3 Å². The van der Waals surface area contributed by atoms with Crippen LogP contribution in [0.5, 0.6) is 0 Å². The molecule has 3 rings (SSSR count). The number of aryl methyl sites for hydroxylation is 1. The van der Waals surface area contributed by atoms with E-state index in [9.17, 15) is 9.59 Å². The number of nitrogens with one attached hydrogen (secondary N) is 1. The zero-order valence-electron chi connectivity index (χ0n) is 17.4. The van der Waals surface area contributed by atoms with E-state index in [4.69, 9.17) is 4.74 Å². The van der Waals surface area contributed by atoms with E-state index in [0.717, 1.165) is 43.2 Å². The van der Waals surface area contributed by atoms with Gasteiger partial charge in [-0.05, 0) is 60.8 Å². The van der Waals surface area contributed by atoms with E-state index in [1.165, 1.54) is 27.9 Å². The Hall–Kier alpha value is -2.40. The monoisotopic (exact) mass is 411 g/mol. The lowest BCUT2D eigenvalue weighted by Crippen LogP contribution is -2.14.